The molecule has 3 atom stereocenters. The Kier molecular flexibility index (Phi) is 2.99. The van der Waals surface area contributed by atoms with E-state index in [-0.39, 0.29) is 5.54 Å². The van der Waals surface area contributed by atoms with Crippen molar-refractivity contribution < 1.29 is 0 Å². The van der Waals surface area contributed by atoms with Gasteiger partial charge in [0.2, 0.25) is 0 Å². The molecule has 1 aromatic heterocycles. The third kappa shape index (κ3) is 2.27. The van der Waals surface area contributed by atoms with Gasteiger partial charge in [-0.2, -0.15) is 0 Å². The molecule has 1 heterocycles. The zero-order valence-corrected chi connectivity index (χ0v) is 11.6. The van der Waals surface area contributed by atoms with E-state index >= 15 is 0 Å². The molecule has 3 heteroatoms. The summed E-state index contributed by atoms with van der Waals surface area (Å²) in [5, 5.41) is 7.01. The van der Waals surface area contributed by atoms with Gasteiger partial charge in [0.05, 0.1) is 5.54 Å². The van der Waals surface area contributed by atoms with Crippen molar-refractivity contribution in [2.24, 2.45) is 17.8 Å². The van der Waals surface area contributed by atoms with Crippen LogP contribution < -0.4 is 5.32 Å². The van der Waals surface area contributed by atoms with Gasteiger partial charge in [-0.25, -0.2) is 4.98 Å². The molecule has 2 aliphatic rings. The highest BCUT2D eigenvalue weighted by atomic mass is 32.1. The van der Waals surface area contributed by atoms with Gasteiger partial charge >= 0.3 is 0 Å². The Labute approximate surface area is 108 Å². The minimum absolute atomic E-state index is 0.0377. The molecule has 2 fully saturated rings. The third-order valence-electron chi connectivity index (χ3n) is 4.66. The molecular weight excluding hydrogens is 228 g/mol. The van der Waals surface area contributed by atoms with Crippen LogP contribution in [0.15, 0.2) is 11.6 Å². The molecule has 0 saturated heterocycles. The molecule has 0 aromatic carbocycles. The lowest BCUT2D eigenvalue weighted by Gasteiger charge is -2.29. The summed E-state index contributed by atoms with van der Waals surface area (Å²) in [5.41, 5.74) is 0.0377. The van der Waals surface area contributed by atoms with E-state index in [0.717, 1.165) is 17.8 Å². The molecule has 2 aliphatic carbocycles. The molecule has 2 saturated carbocycles. The van der Waals surface area contributed by atoms with Gasteiger partial charge in [-0.1, -0.05) is 6.42 Å². The van der Waals surface area contributed by atoms with Gasteiger partial charge in [0, 0.05) is 11.6 Å². The van der Waals surface area contributed by atoms with Gasteiger partial charge in [0.15, 0.2) is 0 Å². The summed E-state index contributed by atoms with van der Waals surface area (Å²) >= 11 is 1.75. The van der Waals surface area contributed by atoms with Gasteiger partial charge < -0.3 is 5.32 Å². The molecule has 94 valence electrons. The zero-order chi connectivity index (χ0) is 11.9. The highest BCUT2D eigenvalue weighted by Gasteiger charge is 2.39. The molecule has 2 bridgehead atoms. The summed E-state index contributed by atoms with van der Waals surface area (Å²) in [6, 6.07) is 0. The standard InChI is InChI=1S/C14H22N2S/c1-14(2,13-15-5-6-17-13)16-9-12-8-10-3-4-11(12)7-10/h5-6,10-12,16H,3-4,7-9H2,1-2H3. The first-order valence-corrected chi connectivity index (χ1v) is 7.68. The van der Waals surface area contributed by atoms with Crippen molar-refractivity contribution >= 4 is 11.3 Å². The lowest BCUT2D eigenvalue weighted by Crippen LogP contribution is -2.40. The van der Waals surface area contributed by atoms with Crippen molar-refractivity contribution in [1.29, 1.82) is 0 Å². The first kappa shape index (κ1) is 11.7. The van der Waals surface area contributed by atoms with Crippen molar-refractivity contribution in [2.45, 2.75) is 45.1 Å². The van der Waals surface area contributed by atoms with Crippen LogP contribution in [-0.2, 0) is 5.54 Å². The number of hydrogen-bond acceptors (Lipinski definition) is 3. The first-order valence-electron chi connectivity index (χ1n) is 6.80. The van der Waals surface area contributed by atoms with E-state index < -0.39 is 0 Å². The Balaban J connectivity index is 1.57. The maximum Gasteiger partial charge on any atom is 0.112 e. The molecule has 0 spiro atoms. The second kappa shape index (κ2) is 4.36. The van der Waals surface area contributed by atoms with Crippen molar-refractivity contribution in [3.63, 3.8) is 0 Å². The Morgan fingerprint density at radius 1 is 1.41 bits per heavy atom. The normalized spacial score (nSPS) is 32.2. The summed E-state index contributed by atoms with van der Waals surface area (Å²) in [6.07, 6.45) is 7.85. The van der Waals surface area contributed by atoms with E-state index in [0.29, 0.717) is 0 Å². The van der Waals surface area contributed by atoms with Crippen LogP contribution in [0.3, 0.4) is 0 Å². The fourth-order valence-corrected chi connectivity index (χ4v) is 4.36. The molecule has 2 nitrogen and oxygen atoms in total. The molecule has 0 amide bonds. The maximum absolute atomic E-state index is 4.44. The molecule has 3 rings (SSSR count). The average molecular weight is 250 g/mol. The van der Waals surface area contributed by atoms with Gasteiger partial charge in [0.25, 0.3) is 0 Å². The van der Waals surface area contributed by atoms with Crippen LogP contribution in [-0.4, -0.2) is 11.5 Å². The number of fused-ring (bicyclic) bond motifs is 2. The molecule has 0 radical (unpaired) electrons. The zero-order valence-electron chi connectivity index (χ0n) is 10.8. The fraction of sp³-hybridized carbons (Fsp3) is 0.786. The number of thiazole rings is 1. The Morgan fingerprint density at radius 3 is 2.88 bits per heavy atom. The average Bonchev–Trinajstić information content (AvgIpc) is 3.02. The fourth-order valence-electron chi connectivity index (χ4n) is 3.62. The van der Waals surface area contributed by atoms with E-state index in [1.807, 2.05) is 6.20 Å². The predicted octanol–water partition coefficient (Wildman–Crippen LogP) is 3.40. The Hall–Kier alpha value is -0.410. The second-order valence-corrected chi connectivity index (χ2v) is 7.17. The van der Waals surface area contributed by atoms with Gasteiger partial charge in [-0.3, -0.25) is 0 Å². The Bertz CT molecular complexity index is 372. The summed E-state index contributed by atoms with van der Waals surface area (Å²) < 4.78 is 0. The lowest BCUT2D eigenvalue weighted by molar-refractivity contribution is 0.279. The Morgan fingerprint density at radius 2 is 2.29 bits per heavy atom. The smallest absolute Gasteiger partial charge is 0.112 e. The predicted molar refractivity (Wildman–Crippen MR) is 72.1 cm³/mol. The first-order chi connectivity index (χ1) is 8.15. The van der Waals surface area contributed by atoms with E-state index in [1.165, 1.54) is 37.2 Å². The topological polar surface area (TPSA) is 24.9 Å². The van der Waals surface area contributed by atoms with E-state index in [2.05, 4.69) is 29.5 Å². The van der Waals surface area contributed by atoms with Gasteiger partial charge in [-0.05, 0) is 57.4 Å². The molecule has 17 heavy (non-hydrogen) atoms. The highest BCUT2D eigenvalue weighted by Crippen LogP contribution is 2.48. The minimum Gasteiger partial charge on any atom is -0.306 e. The van der Waals surface area contributed by atoms with Gasteiger partial charge in [-0.15, -0.1) is 11.3 Å². The molecule has 1 N–H and O–H groups in total. The van der Waals surface area contributed by atoms with Crippen LogP contribution >= 0.6 is 11.3 Å². The van der Waals surface area contributed by atoms with Crippen molar-refractivity contribution in [3.8, 4) is 0 Å². The monoisotopic (exact) mass is 250 g/mol. The van der Waals surface area contributed by atoms with E-state index in [4.69, 9.17) is 0 Å². The summed E-state index contributed by atoms with van der Waals surface area (Å²) in [6.45, 7) is 5.67. The van der Waals surface area contributed by atoms with Crippen LogP contribution in [0.2, 0.25) is 0 Å². The second-order valence-electron chi connectivity index (χ2n) is 6.28. The van der Waals surface area contributed by atoms with Crippen LogP contribution in [0.1, 0.15) is 44.5 Å². The molecule has 0 aliphatic heterocycles. The summed E-state index contributed by atoms with van der Waals surface area (Å²) in [5.74, 6) is 2.99. The van der Waals surface area contributed by atoms with Crippen LogP contribution in [0, 0.1) is 17.8 Å². The lowest BCUT2D eigenvalue weighted by atomic mass is 9.88. The van der Waals surface area contributed by atoms with E-state index in [9.17, 15) is 0 Å². The quantitative estimate of drug-likeness (QED) is 0.886. The highest BCUT2D eigenvalue weighted by molar-refractivity contribution is 7.09. The SMILES string of the molecule is CC(C)(NCC1CC2CCC1C2)c1nccs1. The van der Waals surface area contributed by atoms with Crippen LogP contribution in [0.5, 0.6) is 0 Å². The van der Waals surface area contributed by atoms with Crippen LogP contribution in [0.25, 0.3) is 0 Å². The van der Waals surface area contributed by atoms with Gasteiger partial charge in [0.1, 0.15) is 5.01 Å². The van der Waals surface area contributed by atoms with Crippen molar-refractivity contribution in [1.82, 2.24) is 10.3 Å². The summed E-state index contributed by atoms with van der Waals surface area (Å²) in [7, 11) is 0. The number of nitrogens with zero attached hydrogens (tertiary/aromatic N) is 1. The number of rotatable bonds is 4. The molecule has 1 aromatic rings. The largest absolute Gasteiger partial charge is 0.306 e. The van der Waals surface area contributed by atoms with Crippen molar-refractivity contribution in [3.05, 3.63) is 16.6 Å². The number of aromatic nitrogens is 1. The maximum atomic E-state index is 4.44. The molecular formula is C14H22N2S. The van der Waals surface area contributed by atoms with Crippen LogP contribution in [0.4, 0.5) is 0 Å². The molecule has 3 unspecified atom stereocenters. The van der Waals surface area contributed by atoms with Crippen molar-refractivity contribution in [2.75, 3.05) is 6.54 Å². The number of nitrogens with one attached hydrogen (secondary N) is 1. The minimum atomic E-state index is 0.0377. The number of hydrogen-bond donors (Lipinski definition) is 1. The summed E-state index contributed by atoms with van der Waals surface area (Å²) in [4.78, 5) is 4.44. The third-order valence-corrected chi connectivity index (χ3v) is 5.75. The van der Waals surface area contributed by atoms with E-state index in [1.54, 1.807) is 11.3 Å².